The van der Waals surface area contributed by atoms with Crippen molar-refractivity contribution in [2.24, 2.45) is 0 Å². The van der Waals surface area contributed by atoms with Gasteiger partial charge in [0, 0.05) is 11.0 Å². The Morgan fingerprint density at radius 2 is 2.06 bits per heavy atom. The molecule has 0 bridgehead atoms. The molecule has 0 aromatic heterocycles. The molecule has 1 N–H and O–H groups in total. The number of amides is 1. The van der Waals surface area contributed by atoms with Gasteiger partial charge in [-0.15, -0.1) is 0 Å². The lowest BCUT2D eigenvalue weighted by Gasteiger charge is -2.22. The van der Waals surface area contributed by atoms with Crippen LogP contribution >= 0.6 is 15.9 Å². The van der Waals surface area contributed by atoms with E-state index in [1.165, 1.54) is 25.1 Å². The Labute approximate surface area is 110 Å². The van der Waals surface area contributed by atoms with E-state index in [-0.39, 0.29) is 17.9 Å². The normalized spacial score (nSPS) is 11.4. The Kier molecular flexibility index (Phi) is 4.61. The molecule has 100 valence electrons. The van der Waals surface area contributed by atoms with Crippen molar-refractivity contribution in [3.05, 3.63) is 28.2 Å². The predicted molar refractivity (Wildman–Crippen MR) is 63.4 cm³/mol. The third kappa shape index (κ3) is 3.90. The topological polar surface area (TPSA) is 40.5 Å². The number of alkyl halides is 3. The molecule has 1 aromatic carbocycles. The van der Waals surface area contributed by atoms with Gasteiger partial charge in [-0.2, -0.15) is 13.2 Å². The molecule has 1 rings (SSSR count). The van der Waals surface area contributed by atoms with E-state index in [0.29, 0.717) is 9.37 Å². The zero-order valence-electron chi connectivity index (χ0n) is 9.46. The second kappa shape index (κ2) is 5.60. The highest BCUT2D eigenvalue weighted by atomic mass is 79.9. The SMILES string of the molecule is CCN(CC(F)(F)F)C(=O)c1cc(Br)ccc1O. The molecular weight excluding hydrogens is 315 g/mol. The monoisotopic (exact) mass is 325 g/mol. The number of carbonyl (C=O) groups excluding carboxylic acids is 1. The van der Waals surface area contributed by atoms with Crippen molar-refractivity contribution in [2.45, 2.75) is 13.1 Å². The van der Waals surface area contributed by atoms with Gasteiger partial charge in [-0.3, -0.25) is 4.79 Å². The lowest BCUT2D eigenvalue weighted by Crippen LogP contribution is -2.38. The minimum atomic E-state index is -4.46. The van der Waals surface area contributed by atoms with Crippen molar-refractivity contribution >= 4 is 21.8 Å². The highest BCUT2D eigenvalue weighted by Crippen LogP contribution is 2.25. The molecule has 0 saturated carbocycles. The summed E-state index contributed by atoms with van der Waals surface area (Å²) in [6.07, 6.45) is -4.46. The summed E-state index contributed by atoms with van der Waals surface area (Å²) in [7, 11) is 0. The molecule has 18 heavy (non-hydrogen) atoms. The molecule has 0 aliphatic rings. The third-order valence-electron chi connectivity index (χ3n) is 2.23. The molecule has 0 atom stereocenters. The summed E-state index contributed by atoms with van der Waals surface area (Å²) in [5.74, 6) is -1.20. The number of aromatic hydroxyl groups is 1. The van der Waals surface area contributed by atoms with Crippen LogP contribution < -0.4 is 0 Å². The summed E-state index contributed by atoms with van der Waals surface area (Å²) in [5, 5.41) is 9.50. The Bertz CT molecular complexity index is 448. The predicted octanol–water partition coefficient (Wildman–Crippen LogP) is 3.18. The summed E-state index contributed by atoms with van der Waals surface area (Å²) in [6.45, 7) is 0.0112. The average molecular weight is 326 g/mol. The molecular formula is C11H11BrF3NO2. The van der Waals surface area contributed by atoms with Gasteiger partial charge in [0.05, 0.1) is 5.56 Å². The molecule has 0 unspecified atom stereocenters. The lowest BCUT2D eigenvalue weighted by atomic mass is 10.1. The number of benzene rings is 1. The van der Waals surface area contributed by atoms with E-state index in [9.17, 15) is 23.1 Å². The standard InChI is InChI=1S/C11H11BrF3NO2/c1-2-16(6-11(13,14)15)10(18)8-5-7(12)3-4-9(8)17/h3-5,17H,2,6H2,1H3. The fraction of sp³-hybridized carbons (Fsp3) is 0.364. The van der Waals surface area contributed by atoms with Gasteiger partial charge in [0.15, 0.2) is 0 Å². The largest absolute Gasteiger partial charge is 0.507 e. The second-order valence-electron chi connectivity index (χ2n) is 3.60. The molecule has 0 saturated heterocycles. The van der Waals surface area contributed by atoms with E-state index >= 15 is 0 Å². The second-order valence-corrected chi connectivity index (χ2v) is 4.51. The first-order chi connectivity index (χ1) is 8.24. The van der Waals surface area contributed by atoms with Crippen LogP contribution in [0.5, 0.6) is 5.75 Å². The Morgan fingerprint density at radius 3 is 2.56 bits per heavy atom. The maximum absolute atomic E-state index is 12.3. The number of hydrogen-bond donors (Lipinski definition) is 1. The Balaban J connectivity index is 3.00. The van der Waals surface area contributed by atoms with Gasteiger partial charge >= 0.3 is 6.18 Å². The number of hydrogen-bond acceptors (Lipinski definition) is 2. The van der Waals surface area contributed by atoms with Crippen molar-refractivity contribution in [3.8, 4) is 5.75 Å². The minimum absolute atomic E-state index is 0.0930. The van der Waals surface area contributed by atoms with Gasteiger partial charge in [-0.25, -0.2) is 0 Å². The van der Waals surface area contributed by atoms with Crippen LogP contribution in [0.3, 0.4) is 0 Å². The van der Waals surface area contributed by atoms with Crippen molar-refractivity contribution in [2.75, 3.05) is 13.1 Å². The van der Waals surface area contributed by atoms with Gasteiger partial charge in [-0.1, -0.05) is 15.9 Å². The number of carbonyl (C=O) groups is 1. The molecule has 0 aliphatic heterocycles. The maximum Gasteiger partial charge on any atom is 0.406 e. The number of halogens is 4. The molecule has 7 heteroatoms. The fourth-order valence-corrected chi connectivity index (χ4v) is 1.75. The van der Waals surface area contributed by atoms with E-state index in [1.54, 1.807) is 0 Å². The van der Waals surface area contributed by atoms with Crippen LogP contribution in [-0.2, 0) is 0 Å². The van der Waals surface area contributed by atoms with Crippen LogP contribution in [0.4, 0.5) is 13.2 Å². The first-order valence-electron chi connectivity index (χ1n) is 5.09. The number of phenolic OH excluding ortho intramolecular Hbond substituents is 1. The highest BCUT2D eigenvalue weighted by Gasteiger charge is 2.33. The smallest absolute Gasteiger partial charge is 0.406 e. The van der Waals surface area contributed by atoms with Crippen molar-refractivity contribution in [1.29, 1.82) is 0 Å². The summed E-state index contributed by atoms with van der Waals surface area (Å²) >= 11 is 3.09. The van der Waals surface area contributed by atoms with Crippen molar-refractivity contribution < 1.29 is 23.1 Å². The molecule has 1 amide bonds. The van der Waals surface area contributed by atoms with Crippen molar-refractivity contribution in [1.82, 2.24) is 4.90 Å². The van der Waals surface area contributed by atoms with Gasteiger partial charge in [-0.05, 0) is 25.1 Å². The lowest BCUT2D eigenvalue weighted by molar-refractivity contribution is -0.140. The minimum Gasteiger partial charge on any atom is -0.507 e. The van der Waals surface area contributed by atoms with Crippen LogP contribution in [0.15, 0.2) is 22.7 Å². The molecule has 3 nitrogen and oxygen atoms in total. The summed E-state index contributed by atoms with van der Waals surface area (Å²) in [4.78, 5) is 12.5. The maximum atomic E-state index is 12.3. The van der Waals surface area contributed by atoms with Gasteiger partial charge < -0.3 is 10.0 Å². The number of phenols is 1. The fourth-order valence-electron chi connectivity index (χ4n) is 1.39. The molecule has 1 aromatic rings. The molecule has 0 fully saturated rings. The van der Waals surface area contributed by atoms with Crippen LogP contribution in [0.25, 0.3) is 0 Å². The van der Waals surface area contributed by atoms with E-state index in [2.05, 4.69) is 15.9 Å². The van der Waals surface area contributed by atoms with Gasteiger partial charge in [0.25, 0.3) is 5.91 Å². The van der Waals surface area contributed by atoms with E-state index < -0.39 is 18.6 Å². The number of rotatable bonds is 3. The zero-order chi connectivity index (χ0) is 13.9. The van der Waals surface area contributed by atoms with Gasteiger partial charge in [0.1, 0.15) is 12.3 Å². The third-order valence-corrected chi connectivity index (χ3v) is 2.72. The Hall–Kier alpha value is -1.24. The van der Waals surface area contributed by atoms with Gasteiger partial charge in [0.2, 0.25) is 0 Å². The summed E-state index contributed by atoms with van der Waals surface area (Å²) in [6, 6.07) is 4.03. The van der Waals surface area contributed by atoms with Crippen molar-refractivity contribution in [3.63, 3.8) is 0 Å². The van der Waals surface area contributed by atoms with Crippen LogP contribution in [-0.4, -0.2) is 35.2 Å². The van der Waals surface area contributed by atoms with E-state index in [4.69, 9.17) is 0 Å². The summed E-state index contributed by atoms with van der Waals surface area (Å²) < 4.78 is 37.4. The average Bonchev–Trinajstić information content (AvgIpc) is 2.27. The zero-order valence-corrected chi connectivity index (χ0v) is 11.0. The Morgan fingerprint density at radius 1 is 1.44 bits per heavy atom. The first-order valence-corrected chi connectivity index (χ1v) is 5.88. The molecule has 0 heterocycles. The highest BCUT2D eigenvalue weighted by molar-refractivity contribution is 9.10. The first kappa shape index (κ1) is 14.8. The number of nitrogens with zero attached hydrogens (tertiary/aromatic N) is 1. The van der Waals surface area contributed by atoms with Crippen LogP contribution in [0.2, 0.25) is 0 Å². The van der Waals surface area contributed by atoms with E-state index in [0.717, 1.165) is 0 Å². The van der Waals surface area contributed by atoms with Crippen LogP contribution in [0, 0.1) is 0 Å². The van der Waals surface area contributed by atoms with E-state index in [1.807, 2.05) is 0 Å². The van der Waals surface area contributed by atoms with Crippen LogP contribution in [0.1, 0.15) is 17.3 Å². The molecule has 0 spiro atoms. The molecule has 0 radical (unpaired) electrons. The summed E-state index contributed by atoms with van der Waals surface area (Å²) in [5.41, 5.74) is -0.157. The molecule has 0 aliphatic carbocycles. The quantitative estimate of drug-likeness (QED) is 0.927.